The highest BCUT2D eigenvalue weighted by molar-refractivity contribution is 5.85. The zero-order chi connectivity index (χ0) is 13.2. The monoisotopic (exact) mass is 302 g/mol. The number of rotatable bonds is 2. The lowest BCUT2D eigenvalue weighted by Crippen LogP contribution is -2.40. The Bertz CT molecular complexity index is 326. The standard InChI is InChI=1S/C15H26N2O2.ClH/c1-2-13-3-4-14(19-13)15(18)17-7-5-11-9-16-10-12(11)6-8-17;/h11-14,16H,2-10H2,1H3;1H/t11-,12+,13?,14?;. The third-order valence-corrected chi connectivity index (χ3v) is 5.17. The minimum Gasteiger partial charge on any atom is -0.365 e. The molecule has 3 fully saturated rings. The van der Waals surface area contributed by atoms with Gasteiger partial charge in [-0.05, 0) is 57.0 Å². The largest absolute Gasteiger partial charge is 0.365 e. The molecular weight excluding hydrogens is 276 g/mol. The Morgan fingerprint density at radius 1 is 1.15 bits per heavy atom. The number of likely N-dealkylation sites (tertiary alicyclic amines) is 1. The summed E-state index contributed by atoms with van der Waals surface area (Å²) < 4.78 is 5.86. The molecule has 1 N–H and O–H groups in total. The first-order valence-corrected chi connectivity index (χ1v) is 7.93. The molecule has 0 aromatic heterocycles. The first-order chi connectivity index (χ1) is 9.28. The van der Waals surface area contributed by atoms with Crippen molar-refractivity contribution in [1.29, 1.82) is 0 Å². The van der Waals surface area contributed by atoms with Crippen molar-refractivity contribution in [3.63, 3.8) is 0 Å². The lowest BCUT2D eigenvalue weighted by atomic mass is 9.92. The van der Waals surface area contributed by atoms with Crippen LogP contribution in [0.15, 0.2) is 0 Å². The van der Waals surface area contributed by atoms with E-state index in [4.69, 9.17) is 4.74 Å². The van der Waals surface area contributed by atoms with E-state index < -0.39 is 0 Å². The Morgan fingerprint density at radius 2 is 1.80 bits per heavy atom. The van der Waals surface area contributed by atoms with Crippen molar-refractivity contribution in [3.8, 4) is 0 Å². The predicted octanol–water partition coefficient (Wildman–Crippen LogP) is 1.82. The molecular formula is C15H27ClN2O2. The highest BCUT2D eigenvalue weighted by Crippen LogP contribution is 2.29. The van der Waals surface area contributed by atoms with Crippen LogP contribution in [0.3, 0.4) is 0 Å². The van der Waals surface area contributed by atoms with E-state index in [1.807, 2.05) is 0 Å². The van der Waals surface area contributed by atoms with Crippen LogP contribution in [0.4, 0.5) is 0 Å². The molecule has 5 heteroatoms. The number of nitrogens with zero attached hydrogens (tertiary/aromatic N) is 1. The van der Waals surface area contributed by atoms with Crippen LogP contribution in [0.25, 0.3) is 0 Å². The number of hydrogen-bond donors (Lipinski definition) is 1. The van der Waals surface area contributed by atoms with E-state index in [2.05, 4.69) is 17.1 Å². The summed E-state index contributed by atoms with van der Waals surface area (Å²) in [7, 11) is 0. The fraction of sp³-hybridized carbons (Fsp3) is 0.933. The van der Waals surface area contributed by atoms with E-state index in [0.29, 0.717) is 6.10 Å². The number of carbonyl (C=O) groups is 1. The van der Waals surface area contributed by atoms with E-state index >= 15 is 0 Å². The molecule has 20 heavy (non-hydrogen) atoms. The lowest BCUT2D eigenvalue weighted by molar-refractivity contribution is -0.143. The first-order valence-electron chi connectivity index (χ1n) is 7.93. The smallest absolute Gasteiger partial charge is 0.251 e. The van der Waals surface area contributed by atoms with Gasteiger partial charge in [0.1, 0.15) is 6.10 Å². The molecule has 1 amide bonds. The van der Waals surface area contributed by atoms with Crippen molar-refractivity contribution < 1.29 is 9.53 Å². The molecule has 2 unspecified atom stereocenters. The van der Waals surface area contributed by atoms with Crippen LogP contribution in [0.1, 0.15) is 39.0 Å². The number of hydrogen-bond acceptors (Lipinski definition) is 3. The molecule has 3 heterocycles. The van der Waals surface area contributed by atoms with Gasteiger partial charge in [-0.1, -0.05) is 6.92 Å². The van der Waals surface area contributed by atoms with Crippen molar-refractivity contribution in [2.75, 3.05) is 26.2 Å². The molecule has 4 nitrogen and oxygen atoms in total. The topological polar surface area (TPSA) is 41.6 Å². The Kier molecular flexibility index (Phi) is 5.70. The number of amides is 1. The van der Waals surface area contributed by atoms with Crippen LogP contribution in [0.5, 0.6) is 0 Å². The van der Waals surface area contributed by atoms with Crippen LogP contribution < -0.4 is 5.32 Å². The zero-order valence-corrected chi connectivity index (χ0v) is 13.2. The number of nitrogens with one attached hydrogen (secondary N) is 1. The summed E-state index contributed by atoms with van der Waals surface area (Å²) in [4.78, 5) is 14.6. The van der Waals surface area contributed by atoms with Crippen LogP contribution in [-0.2, 0) is 9.53 Å². The summed E-state index contributed by atoms with van der Waals surface area (Å²) in [5.41, 5.74) is 0. The zero-order valence-electron chi connectivity index (χ0n) is 12.3. The second kappa shape index (κ2) is 7.10. The molecule has 0 aromatic rings. The minimum absolute atomic E-state index is 0. The van der Waals surface area contributed by atoms with Gasteiger partial charge in [-0.15, -0.1) is 12.4 Å². The fourth-order valence-corrected chi connectivity index (χ4v) is 3.83. The average Bonchev–Trinajstić information content (AvgIpc) is 3.04. The summed E-state index contributed by atoms with van der Waals surface area (Å²) in [5, 5.41) is 3.48. The minimum atomic E-state index is -0.152. The van der Waals surface area contributed by atoms with E-state index in [-0.39, 0.29) is 24.4 Å². The average molecular weight is 303 g/mol. The summed E-state index contributed by atoms with van der Waals surface area (Å²) in [5.74, 6) is 1.82. The molecule has 4 atom stereocenters. The number of halogens is 1. The van der Waals surface area contributed by atoms with Crippen molar-refractivity contribution in [2.45, 2.75) is 51.2 Å². The Labute approximate surface area is 128 Å². The molecule has 0 aromatic carbocycles. The molecule has 3 saturated heterocycles. The molecule has 0 saturated carbocycles. The van der Waals surface area contributed by atoms with Crippen molar-refractivity contribution >= 4 is 18.3 Å². The third kappa shape index (κ3) is 3.29. The molecule has 0 radical (unpaired) electrons. The van der Waals surface area contributed by atoms with Gasteiger partial charge in [0.25, 0.3) is 5.91 Å². The maximum absolute atomic E-state index is 12.5. The van der Waals surface area contributed by atoms with E-state index in [1.54, 1.807) is 0 Å². The number of ether oxygens (including phenoxy) is 1. The van der Waals surface area contributed by atoms with Gasteiger partial charge in [-0.25, -0.2) is 0 Å². The van der Waals surface area contributed by atoms with Gasteiger partial charge in [0, 0.05) is 13.1 Å². The predicted molar refractivity (Wildman–Crippen MR) is 81.1 cm³/mol. The summed E-state index contributed by atoms with van der Waals surface area (Å²) in [6, 6.07) is 0. The van der Waals surface area contributed by atoms with E-state index in [9.17, 15) is 4.79 Å². The first kappa shape index (κ1) is 16.1. The van der Waals surface area contributed by atoms with Gasteiger partial charge < -0.3 is 15.0 Å². The SMILES string of the molecule is CCC1CCC(C(=O)N2CC[C@@H]3CNC[C@@H]3CC2)O1.Cl. The van der Waals surface area contributed by atoms with Crippen LogP contribution in [0, 0.1) is 11.8 Å². The molecule has 0 aliphatic carbocycles. The molecule has 116 valence electrons. The van der Waals surface area contributed by atoms with Gasteiger partial charge in [0.15, 0.2) is 0 Å². The summed E-state index contributed by atoms with van der Waals surface area (Å²) in [6.45, 7) is 6.28. The molecule has 0 bridgehead atoms. The Morgan fingerprint density at radius 3 is 2.35 bits per heavy atom. The van der Waals surface area contributed by atoms with Crippen molar-refractivity contribution in [2.24, 2.45) is 11.8 Å². The van der Waals surface area contributed by atoms with Gasteiger partial charge >= 0.3 is 0 Å². The summed E-state index contributed by atoms with van der Waals surface area (Å²) >= 11 is 0. The maximum atomic E-state index is 12.5. The van der Waals surface area contributed by atoms with E-state index in [0.717, 1.165) is 70.1 Å². The highest BCUT2D eigenvalue weighted by Gasteiger charge is 2.36. The van der Waals surface area contributed by atoms with Crippen LogP contribution in [-0.4, -0.2) is 49.2 Å². The number of carbonyl (C=O) groups excluding carboxylic acids is 1. The quantitative estimate of drug-likeness (QED) is 0.846. The molecule has 3 aliphatic heterocycles. The second-order valence-electron chi connectivity index (χ2n) is 6.31. The van der Waals surface area contributed by atoms with Gasteiger partial charge in [0.05, 0.1) is 6.10 Å². The molecule has 3 rings (SSSR count). The fourth-order valence-electron chi connectivity index (χ4n) is 3.83. The summed E-state index contributed by atoms with van der Waals surface area (Å²) in [6.07, 6.45) is 5.48. The highest BCUT2D eigenvalue weighted by atomic mass is 35.5. The van der Waals surface area contributed by atoms with E-state index in [1.165, 1.54) is 0 Å². The van der Waals surface area contributed by atoms with Gasteiger partial charge in [-0.3, -0.25) is 4.79 Å². The second-order valence-corrected chi connectivity index (χ2v) is 6.31. The molecule has 3 aliphatic rings. The lowest BCUT2D eigenvalue weighted by Gasteiger charge is -2.24. The Balaban J connectivity index is 0.00000147. The van der Waals surface area contributed by atoms with Crippen molar-refractivity contribution in [1.82, 2.24) is 10.2 Å². The van der Waals surface area contributed by atoms with Crippen molar-refractivity contribution in [3.05, 3.63) is 0 Å². The third-order valence-electron chi connectivity index (χ3n) is 5.17. The Hall–Kier alpha value is -0.320. The van der Waals surface area contributed by atoms with Gasteiger partial charge in [-0.2, -0.15) is 0 Å². The van der Waals surface area contributed by atoms with Crippen LogP contribution >= 0.6 is 12.4 Å². The molecule has 0 spiro atoms. The van der Waals surface area contributed by atoms with Gasteiger partial charge in [0.2, 0.25) is 0 Å². The maximum Gasteiger partial charge on any atom is 0.251 e. The normalized spacial score (nSPS) is 37.1. The van der Waals surface area contributed by atoms with Crippen LogP contribution in [0.2, 0.25) is 0 Å². The number of fused-ring (bicyclic) bond motifs is 1.